The maximum Gasteiger partial charge on any atom is 0.164 e. The van der Waals surface area contributed by atoms with Gasteiger partial charge in [0.2, 0.25) is 0 Å². The molecule has 10 rings (SSSR count). The first-order chi connectivity index (χ1) is 23.8. The lowest BCUT2D eigenvalue weighted by molar-refractivity contribution is 0.669. The molecule has 0 spiro atoms. The van der Waals surface area contributed by atoms with Crippen LogP contribution in [0.3, 0.4) is 0 Å². The Morgan fingerprint density at radius 1 is 0.458 bits per heavy atom. The van der Waals surface area contributed by atoms with Gasteiger partial charge in [-0.2, -0.15) is 0 Å². The van der Waals surface area contributed by atoms with Crippen molar-refractivity contribution >= 4 is 64.2 Å². The summed E-state index contributed by atoms with van der Waals surface area (Å²) in [5, 5.41) is 6.56. The topological polar surface area (TPSA) is 64.7 Å². The van der Waals surface area contributed by atoms with Crippen LogP contribution < -0.4 is 0 Å². The van der Waals surface area contributed by atoms with E-state index in [0.29, 0.717) is 17.5 Å². The number of aromatic nitrogens is 4. The second-order valence-corrected chi connectivity index (χ2v) is 13.0. The molecule has 0 atom stereocenters. The van der Waals surface area contributed by atoms with Crippen molar-refractivity contribution < 1.29 is 4.42 Å². The summed E-state index contributed by atoms with van der Waals surface area (Å²) in [5.74, 6) is 1.82. The minimum atomic E-state index is 0.589. The van der Waals surface area contributed by atoms with E-state index in [9.17, 15) is 0 Å². The van der Waals surface area contributed by atoms with Crippen molar-refractivity contribution in [2.45, 2.75) is 0 Å². The van der Waals surface area contributed by atoms with Crippen molar-refractivity contribution in [2.75, 3.05) is 0 Å². The van der Waals surface area contributed by atoms with Gasteiger partial charge in [0.05, 0.1) is 0 Å². The van der Waals surface area contributed by atoms with E-state index in [-0.39, 0.29) is 0 Å². The Bertz CT molecular complexity index is 2780. The molecule has 0 saturated carbocycles. The van der Waals surface area contributed by atoms with Gasteiger partial charge in [0, 0.05) is 65.4 Å². The maximum absolute atomic E-state index is 6.71. The number of thiophene rings is 1. The molecule has 0 aliphatic heterocycles. The number of pyridine rings is 1. The van der Waals surface area contributed by atoms with E-state index >= 15 is 0 Å². The second-order valence-electron chi connectivity index (χ2n) is 11.9. The predicted molar refractivity (Wildman–Crippen MR) is 197 cm³/mol. The fourth-order valence-corrected chi connectivity index (χ4v) is 7.90. The molecule has 10 aromatic rings. The minimum absolute atomic E-state index is 0.589. The molecule has 4 aromatic heterocycles. The molecule has 0 bridgehead atoms. The van der Waals surface area contributed by atoms with Crippen LogP contribution in [0.25, 0.3) is 98.2 Å². The number of furan rings is 1. The van der Waals surface area contributed by atoms with Crippen LogP contribution in [0, 0.1) is 0 Å². The lowest BCUT2D eigenvalue weighted by Gasteiger charge is -2.12. The van der Waals surface area contributed by atoms with E-state index in [1.165, 1.54) is 20.2 Å². The first-order valence-corrected chi connectivity index (χ1v) is 16.6. The van der Waals surface area contributed by atoms with E-state index in [4.69, 9.17) is 19.4 Å². The molecule has 0 fully saturated rings. The smallest absolute Gasteiger partial charge is 0.164 e. The molecule has 0 N–H and O–H groups in total. The van der Waals surface area contributed by atoms with Crippen LogP contribution in [-0.4, -0.2) is 19.9 Å². The zero-order chi connectivity index (χ0) is 31.6. The van der Waals surface area contributed by atoms with Gasteiger partial charge < -0.3 is 4.42 Å². The van der Waals surface area contributed by atoms with Crippen molar-refractivity contribution in [3.63, 3.8) is 0 Å². The van der Waals surface area contributed by atoms with Crippen LogP contribution in [0.2, 0.25) is 0 Å². The van der Waals surface area contributed by atoms with Crippen molar-refractivity contribution in [2.24, 2.45) is 0 Å². The highest BCUT2D eigenvalue weighted by atomic mass is 32.1. The van der Waals surface area contributed by atoms with Crippen molar-refractivity contribution in [1.29, 1.82) is 0 Å². The lowest BCUT2D eigenvalue weighted by atomic mass is 9.95. The van der Waals surface area contributed by atoms with Crippen LogP contribution in [0.5, 0.6) is 0 Å². The number of rotatable bonds is 4. The lowest BCUT2D eigenvalue weighted by Crippen LogP contribution is -2.00. The zero-order valence-corrected chi connectivity index (χ0v) is 26.3. The molecule has 48 heavy (non-hydrogen) atoms. The van der Waals surface area contributed by atoms with Crippen molar-refractivity contribution in [3.05, 3.63) is 146 Å². The SMILES string of the molecule is c1ccc(-c2nc(-c3ccccc3)nc(-c3cc(-c4cccc5sc6ccccc6c45)cc4oc5cc6ccncc6cc5c34)n2)cc1. The highest BCUT2D eigenvalue weighted by molar-refractivity contribution is 7.25. The summed E-state index contributed by atoms with van der Waals surface area (Å²) in [6.07, 6.45) is 3.71. The van der Waals surface area contributed by atoms with Crippen LogP contribution in [0.4, 0.5) is 0 Å². The van der Waals surface area contributed by atoms with Crippen LogP contribution in [0.1, 0.15) is 0 Å². The van der Waals surface area contributed by atoms with Gasteiger partial charge >= 0.3 is 0 Å². The van der Waals surface area contributed by atoms with Gasteiger partial charge in [-0.05, 0) is 59.0 Å². The van der Waals surface area contributed by atoms with E-state index in [0.717, 1.165) is 60.5 Å². The van der Waals surface area contributed by atoms with Gasteiger partial charge in [-0.3, -0.25) is 4.98 Å². The van der Waals surface area contributed by atoms with Crippen molar-refractivity contribution in [1.82, 2.24) is 19.9 Å². The number of hydrogen-bond donors (Lipinski definition) is 0. The monoisotopic (exact) mass is 632 g/mol. The molecule has 4 heterocycles. The molecule has 6 heteroatoms. The molecule has 0 saturated heterocycles. The van der Waals surface area contributed by atoms with Gasteiger partial charge in [0.15, 0.2) is 17.5 Å². The largest absolute Gasteiger partial charge is 0.456 e. The van der Waals surface area contributed by atoms with E-state index in [1.54, 1.807) is 0 Å². The van der Waals surface area contributed by atoms with Crippen LogP contribution in [0.15, 0.2) is 150 Å². The number of fused-ring (bicyclic) bond motifs is 7. The van der Waals surface area contributed by atoms with E-state index in [1.807, 2.05) is 90.5 Å². The van der Waals surface area contributed by atoms with Gasteiger partial charge in [-0.1, -0.05) is 91.0 Å². The Labute approximate surface area is 278 Å². The van der Waals surface area contributed by atoms with Crippen LogP contribution in [-0.2, 0) is 0 Å². The van der Waals surface area contributed by atoms with Crippen molar-refractivity contribution in [3.8, 4) is 45.3 Å². The highest BCUT2D eigenvalue weighted by Gasteiger charge is 2.21. The van der Waals surface area contributed by atoms with E-state index < -0.39 is 0 Å². The Morgan fingerprint density at radius 3 is 1.96 bits per heavy atom. The average Bonchev–Trinajstić information content (AvgIpc) is 3.72. The number of benzene rings is 6. The molecular weight excluding hydrogens is 609 g/mol. The molecule has 0 aliphatic rings. The average molecular weight is 633 g/mol. The summed E-state index contributed by atoms with van der Waals surface area (Å²) in [5.41, 5.74) is 6.51. The fraction of sp³-hybridized carbons (Fsp3) is 0. The molecule has 6 aromatic carbocycles. The minimum Gasteiger partial charge on any atom is -0.456 e. The first-order valence-electron chi connectivity index (χ1n) is 15.8. The first kappa shape index (κ1) is 26.9. The third kappa shape index (κ3) is 4.31. The van der Waals surface area contributed by atoms with Crippen LogP contribution >= 0.6 is 11.3 Å². The van der Waals surface area contributed by atoms with Gasteiger partial charge in [0.1, 0.15) is 11.2 Å². The Morgan fingerprint density at radius 2 is 1.17 bits per heavy atom. The third-order valence-electron chi connectivity index (χ3n) is 8.98. The molecule has 0 unspecified atom stereocenters. The number of nitrogens with zero attached hydrogens (tertiary/aromatic N) is 4. The summed E-state index contributed by atoms with van der Waals surface area (Å²) in [4.78, 5) is 19.7. The second kappa shape index (κ2) is 10.7. The zero-order valence-electron chi connectivity index (χ0n) is 25.5. The van der Waals surface area contributed by atoms with Gasteiger partial charge in [-0.25, -0.2) is 15.0 Å². The summed E-state index contributed by atoms with van der Waals surface area (Å²) in [6.45, 7) is 0. The standard InChI is InChI=1S/C42H24N4OS/c1-3-10-25(11-4-1)40-44-41(26-12-5-2-6-13-26)46-42(45-40)33-20-28(30-15-9-17-37-39(30)31-14-7-8-16-36(31)48-37)23-35-38(33)32-21-29-24-43-19-18-27(29)22-34(32)47-35/h1-24H. The maximum atomic E-state index is 6.71. The molecule has 0 radical (unpaired) electrons. The fourth-order valence-electron chi connectivity index (χ4n) is 6.76. The van der Waals surface area contributed by atoms with Gasteiger partial charge in [-0.15, -0.1) is 11.3 Å². The summed E-state index contributed by atoms with van der Waals surface area (Å²) < 4.78 is 9.22. The molecule has 224 valence electrons. The van der Waals surface area contributed by atoms with Gasteiger partial charge in [0.25, 0.3) is 0 Å². The molecule has 5 nitrogen and oxygen atoms in total. The Balaban J connectivity index is 1.32. The van der Waals surface area contributed by atoms with E-state index in [2.05, 4.69) is 71.7 Å². The Hall–Kier alpha value is -6.24. The quantitative estimate of drug-likeness (QED) is 0.193. The normalized spacial score (nSPS) is 11.8. The number of hydrogen-bond acceptors (Lipinski definition) is 6. The highest BCUT2D eigenvalue weighted by Crippen LogP contribution is 2.44. The Kier molecular flexibility index (Phi) is 5.98. The predicted octanol–water partition coefficient (Wildman–Crippen LogP) is 11.4. The molecular formula is C42H24N4OS. The summed E-state index contributed by atoms with van der Waals surface area (Å²) >= 11 is 1.82. The summed E-state index contributed by atoms with van der Waals surface area (Å²) in [6, 6.07) is 46.0. The third-order valence-corrected chi connectivity index (χ3v) is 10.1. The summed E-state index contributed by atoms with van der Waals surface area (Å²) in [7, 11) is 0. The molecule has 0 amide bonds. The molecule has 0 aliphatic carbocycles.